The Morgan fingerprint density at radius 3 is 2.22 bits per heavy atom. The smallest absolute Gasteiger partial charge is 0.0442 e. The predicted molar refractivity (Wildman–Crippen MR) is 47.6 cm³/mol. The van der Waals surface area contributed by atoms with Crippen LogP contribution in [0.3, 0.4) is 0 Å². The van der Waals surface area contributed by atoms with Gasteiger partial charge < -0.3 is 0 Å². The monoisotopic (exact) mass is 142 g/mol. The average Bonchev–Trinajstić information content (AvgIpc) is 1.63. The Morgan fingerprint density at radius 2 is 1.89 bits per heavy atom. The molecule has 0 aromatic heterocycles. The summed E-state index contributed by atoms with van der Waals surface area (Å²) >= 11 is 0. The number of allylic oxidation sites excluding steroid dienone is 1. The van der Waals surface area contributed by atoms with Gasteiger partial charge in [0.25, 0.3) is 0 Å². The molecule has 0 aromatic carbocycles. The second kappa shape index (κ2) is 3.88. The van der Waals surface area contributed by atoms with Crippen molar-refractivity contribution in [3.63, 3.8) is 0 Å². The first kappa shape index (κ1) is 8.96. The highest BCUT2D eigenvalue weighted by Gasteiger charge is 2.10. The molecule has 0 atom stereocenters. The minimum Gasteiger partial charge on any atom is -0.103 e. The topological polar surface area (TPSA) is 0 Å². The molecule has 0 heterocycles. The van der Waals surface area contributed by atoms with E-state index in [-0.39, 0.29) is 0 Å². The standard InChI is InChI=1S/C8H18Si/c1-5-6-7-8-9(2,3)4/h5H,1,6-8H2,2-4H3. The summed E-state index contributed by atoms with van der Waals surface area (Å²) in [4.78, 5) is 0. The van der Waals surface area contributed by atoms with Crippen LogP contribution in [0.1, 0.15) is 12.8 Å². The Bertz CT molecular complexity index is 79.1. The molecule has 0 N–H and O–H groups in total. The van der Waals surface area contributed by atoms with Gasteiger partial charge in [0.15, 0.2) is 0 Å². The zero-order valence-electron chi connectivity index (χ0n) is 6.91. The Labute approximate surface area is 60.0 Å². The van der Waals surface area contributed by atoms with Crippen LogP contribution in [-0.2, 0) is 0 Å². The van der Waals surface area contributed by atoms with Crippen molar-refractivity contribution in [1.29, 1.82) is 0 Å². The Morgan fingerprint density at radius 1 is 1.33 bits per heavy atom. The molecule has 0 radical (unpaired) electrons. The third kappa shape index (κ3) is 7.96. The molecule has 0 nitrogen and oxygen atoms in total. The summed E-state index contributed by atoms with van der Waals surface area (Å²) in [5.74, 6) is 0. The van der Waals surface area contributed by atoms with Crippen molar-refractivity contribution in [3.05, 3.63) is 12.7 Å². The number of rotatable bonds is 4. The molecule has 9 heavy (non-hydrogen) atoms. The second-order valence-corrected chi connectivity index (χ2v) is 9.36. The van der Waals surface area contributed by atoms with Crippen LogP contribution in [0.4, 0.5) is 0 Å². The molecule has 0 aromatic rings. The van der Waals surface area contributed by atoms with Crippen molar-refractivity contribution >= 4 is 8.07 Å². The van der Waals surface area contributed by atoms with Crippen LogP contribution < -0.4 is 0 Å². The molecule has 0 aliphatic carbocycles. The zero-order chi connectivity index (χ0) is 7.33. The van der Waals surface area contributed by atoms with E-state index in [1.54, 1.807) is 0 Å². The van der Waals surface area contributed by atoms with Crippen molar-refractivity contribution in [3.8, 4) is 0 Å². The number of unbranched alkanes of at least 4 members (excludes halogenated alkanes) is 1. The molecular weight excluding hydrogens is 124 g/mol. The molecule has 0 saturated heterocycles. The van der Waals surface area contributed by atoms with Crippen molar-refractivity contribution in [2.24, 2.45) is 0 Å². The quantitative estimate of drug-likeness (QED) is 0.321. The van der Waals surface area contributed by atoms with E-state index in [0.717, 1.165) is 0 Å². The van der Waals surface area contributed by atoms with Gasteiger partial charge in [0, 0.05) is 8.07 Å². The normalized spacial score (nSPS) is 11.4. The molecule has 54 valence electrons. The first-order chi connectivity index (χ1) is 4.06. The molecule has 1 heteroatoms. The number of hydrogen-bond donors (Lipinski definition) is 0. The molecule has 0 fully saturated rings. The van der Waals surface area contributed by atoms with Crippen molar-refractivity contribution in [1.82, 2.24) is 0 Å². The molecular formula is C8H18Si. The van der Waals surface area contributed by atoms with Crippen LogP contribution in [0.25, 0.3) is 0 Å². The molecule has 0 unspecified atom stereocenters. The van der Waals surface area contributed by atoms with Crippen molar-refractivity contribution in [2.75, 3.05) is 0 Å². The van der Waals surface area contributed by atoms with Gasteiger partial charge in [-0.15, -0.1) is 6.58 Å². The molecule has 0 aliphatic rings. The maximum absolute atomic E-state index is 3.70. The van der Waals surface area contributed by atoms with E-state index in [9.17, 15) is 0 Å². The third-order valence-electron chi connectivity index (χ3n) is 1.34. The Kier molecular flexibility index (Phi) is 3.87. The van der Waals surface area contributed by atoms with Gasteiger partial charge >= 0.3 is 0 Å². The lowest BCUT2D eigenvalue weighted by Crippen LogP contribution is -2.18. The van der Waals surface area contributed by atoms with Crippen LogP contribution in [0.5, 0.6) is 0 Å². The average molecular weight is 142 g/mol. The highest BCUT2D eigenvalue weighted by atomic mass is 28.3. The minimum absolute atomic E-state index is 0.742. The summed E-state index contributed by atoms with van der Waals surface area (Å²) in [7, 11) is -0.742. The maximum atomic E-state index is 3.70. The van der Waals surface area contributed by atoms with Crippen molar-refractivity contribution in [2.45, 2.75) is 38.5 Å². The van der Waals surface area contributed by atoms with E-state index in [2.05, 4.69) is 26.2 Å². The highest BCUT2D eigenvalue weighted by molar-refractivity contribution is 6.76. The van der Waals surface area contributed by atoms with Gasteiger partial charge in [0.2, 0.25) is 0 Å². The molecule has 0 bridgehead atoms. The Hall–Kier alpha value is -0.0431. The first-order valence-corrected chi connectivity index (χ1v) is 7.38. The van der Waals surface area contributed by atoms with E-state index >= 15 is 0 Å². The fraction of sp³-hybridized carbons (Fsp3) is 0.750. The number of hydrogen-bond acceptors (Lipinski definition) is 0. The first-order valence-electron chi connectivity index (χ1n) is 3.67. The fourth-order valence-corrected chi connectivity index (χ4v) is 2.04. The van der Waals surface area contributed by atoms with E-state index < -0.39 is 8.07 Å². The molecule has 0 aliphatic heterocycles. The van der Waals surface area contributed by atoms with Crippen molar-refractivity contribution < 1.29 is 0 Å². The van der Waals surface area contributed by atoms with Crippen LogP contribution in [-0.4, -0.2) is 8.07 Å². The van der Waals surface area contributed by atoms with Gasteiger partial charge in [-0.3, -0.25) is 0 Å². The van der Waals surface area contributed by atoms with Gasteiger partial charge in [0.05, 0.1) is 0 Å². The van der Waals surface area contributed by atoms with E-state index in [0.29, 0.717) is 0 Å². The Balaban J connectivity index is 3.17. The van der Waals surface area contributed by atoms with E-state index in [1.807, 2.05) is 6.08 Å². The zero-order valence-corrected chi connectivity index (χ0v) is 7.91. The predicted octanol–water partition coefficient (Wildman–Crippen LogP) is 3.29. The summed E-state index contributed by atoms with van der Waals surface area (Å²) in [6.07, 6.45) is 4.56. The molecule has 0 rings (SSSR count). The lowest BCUT2D eigenvalue weighted by molar-refractivity contribution is 0.936. The van der Waals surface area contributed by atoms with E-state index in [4.69, 9.17) is 0 Å². The summed E-state index contributed by atoms with van der Waals surface area (Å²) in [5, 5.41) is 0. The van der Waals surface area contributed by atoms with Crippen LogP contribution >= 0.6 is 0 Å². The van der Waals surface area contributed by atoms with Gasteiger partial charge in [-0.25, -0.2) is 0 Å². The minimum atomic E-state index is -0.742. The lowest BCUT2D eigenvalue weighted by Gasteiger charge is -2.13. The summed E-state index contributed by atoms with van der Waals surface area (Å²) < 4.78 is 0. The van der Waals surface area contributed by atoms with Gasteiger partial charge in [-0.2, -0.15) is 0 Å². The van der Waals surface area contributed by atoms with Crippen LogP contribution in [0.15, 0.2) is 12.7 Å². The van der Waals surface area contributed by atoms with E-state index in [1.165, 1.54) is 18.9 Å². The highest BCUT2D eigenvalue weighted by Crippen LogP contribution is 2.12. The van der Waals surface area contributed by atoms with Gasteiger partial charge in [-0.1, -0.05) is 38.2 Å². The van der Waals surface area contributed by atoms with Gasteiger partial charge in [-0.05, 0) is 6.42 Å². The molecule has 0 amide bonds. The van der Waals surface area contributed by atoms with Crippen LogP contribution in [0, 0.1) is 0 Å². The maximum Gasteiger partial charge on any atom is 0.0442 e. The summed E-state index contributed by atoms with van der Waals surface area (Å²) in [5.41, 5.74) is 0. The lowest BCUT2D eigenvalue weighted by atomic mass is 10.3. The second-order valence-electron chi connectivity index (χ2n) is 3.74. The summed E-state index contributed by atoms with van der Waals surface area (Å²) in [6.45, 7) is 10.9. The SMILES string of the molecule is C=CCCC[Si](C)(C)C. The summed E-state index contributed by atoms with van der Waals surface area (Å²) in [6, 6.07) is 1.44. The fourth-order valence-electron chi connectivity index (χ4n) is 0.777. The van der Waals surface area contributed by atoms with Gasteiger partial charge in [0.1, 0.15) is 0 Å². The largest absolute Gasteiger partial charge is 0.103 e. The molecule has 0 saturated carbocycles. The van der Waals surface area contributed by atoms with Crippen LogP contribution in [0.2, 0.25) is 25.7 Å². The third-order valence-corrected chi connectivity index (χ3v) is 3.19. The molecule has 0 spiro atoms.